The maximum Gasteiger partial charge on any atom is 0.123 e. The number of piperazine rings is 1. The quantitative estimate of drug-likeness (QED) is 0.824. The van der Waals surface area contributed by atoms with Gasteiger partial charge in [0.15, 0.2) is 0 Å². The zero-order chi connectivity index (χ0) is 11.5. The SMILES string of the molecule is Cc1cc(F)ccc1[C@H](C)N1CCNCC1. The minimum atomic E-state index is -0.145. The van der Waals surface area contributed by atoms with Gasteiger partial charge < -0.3 is 5.32 Å². The highest BCUT2D eigenvalue weighted by atomic mass is 19.1. The molecule has 2 nitrogen and oxygen atoms in total. The van der Waals surface area contributed by atoms with Crippen LogP contribution >= 0.6 is 0 Å². The van der Waals surface area contributed by atoms with Crippen LogP contribution in [0.2, 0.25) is 0 Å². The molecule has 16 heavy (non-hydrogen) atoms. The molecule has 0 amide bonds. The maximum absolute atomic E-state index is 13.0. The van der Waals surface area contributed by atoms with E-state index in [-0.39, 0.29) is 5.82 Å². The minimum Gasteiger partial charge on any atom is -0.314 e. The molecule has 0 spiro atoms. The highest BCUT2D eigenvalue weighted by Crippen LogP contribution is 2.24. The summed E-state index contributed by atoms with van der Waals surface area (Å²) in [6, 6.07) is 5.47. The molecule has 0 aromatic heterocycles. The van der Waals surface area contributed by atoms with Crippen molar-refractivity contribution in [3.05, 3.63) is 35.1 Å². The van der Waals surface area contributed by atoms with E-state index < -0.39 is 0 Å². The average Bonchev–Trinajstić information content (AvgIpc) is 2.29. The summed E-state index contributed by atoms with van der Waals surface area (Å²) in [6.07, 6.45) is 0. The molecule has 1 aromatic rings. The van der Waals surface area contributed by atoms with Crippen LogP contribution in [0.25, 0.3) is 0 Å². The summed E-state index contributed by atoms with van der Waals surface area (Å²) in [5, 5.41) is 3.34. The number of rotatable bonds is 2. The first-order valence-electron chi connectivity index (χ1n) is 5.89. The fraction of sp³-hybridized carbons (Fsp3) is 0.538. The second-order valence-electron chi connectivity index (χ2n) is 4.46. The minimum absolute atomic E-state index is 0.145. The van der Waals surface area contributed by atoms with Gasteiger partial charge in [-0.1, -0.05) is 6.07 Å². The summed E-state index contributed by atoms with van der Waals surface area (Å²) in [6.45, 7) is 8.41. The van der Waals surface area contributed by atoms with Gasteiger partial charge in [0, 0.05) is 32.2 Å². The fourth-order valence-corrected chi connectivity index (χ4v) is 2.37. The Morgan fingerprint density at radius 2 is 2.00 bits per heavy atom. The Morgan fingerprint density at radius 1 is 1.31 bits per heavy atom. The van der Waals surface area contributed by atoms with E-state index in [1.54, 1.807) is 12.1 Å². The second kappa shape index (κ2) is 4.93. The van der Waals surface area contributed by atoms with Gasteiger partial charge in [-0.3, -0.25) is 4.90 Å². The van der Waals surface area contributed by atoms with E-state index in [0.717, 1.165) is 31.7 Å². The lowest BCUT2D eigenvalue weighted by Gasteiger charge is -2.33. The lowest BCUT2D eigenvalue weighted by molar-refractivity contribution is 0.185. The van der Waals surface area contributed by atoms with Crippen LogP contribution in [0.1, 0.15) is 24.1 Å². The Balaban J connectivity index is 2.15. The predicted molar refractivity (Wildman–Crippen MR) is 64.0 cm³/mol. The van der Waals surface area contributed by atoms with E-state index in [4.69, 9.17) is 0 Å². The van der Waals surface area contributed by atoms with Crippen molar-refractivity contribution >= 4 is 0 Å². The summed E-state index contributed by atoms with van der Waals surface area (Å²) in [4.78, 5) is 2.44. The molecule has 1 atom stereocenters. The molecular weight excluding hydrogens is 203 g/mol. The molecule has 1 aliphatic rings. The van der Waals surface area contributed by atoms with Crippen molar-refractivity contribution in [3.8, 4) is 0 Å². The summed E-state index contributed by atoms with van der Waals surface area (Å²) >= 11 is 0. The fourth-order valence-electron chi connectivity index (χ4n) is 2.37. The maximum atomic E-state index is 13.0. The lowest BCUT2D eigenvalue weighted by atomic mass is 10.0. The highest BCUT2D eigenvalue weighted by molar-refractivity contribution is 5.29. The van der Waals surface area contributed by atoms with Crippen molar-refractivity contribution < 1.29 is 4.39 Å². The summed E-state index contributed by atoms with van der Waals surface area (Å²) in [7, 11) is 0. The highest BCUT2D eigenvalue weighted by Gasteiger charge is 2.19. The van der Waals surface area contributed by atoms with E-state index in [1.165, 1.54) is 5.56 Å². The molecule has 0 saturated carbocycles. The normalized spacial score (nSPS) is 19.7. The first-order chi connectivity index (χ1) is 7.68. The molecular formula is C13H19FN2. The van der Waals surface area contributed by atoms with Crippen molar-refractivity contribution in [2.24, 2.45) is 0 Å². The van der Waals surface area contributed by atoms with Gasteiger partial charge in [-0.15, -0.1) is 0 Å². The Morgan fingerprint density at radius 3 is 2.62 bits per heavy atom. The van der Waals surface area contributed by atoms with Crippen LogP contribution in [0.5, 0.6) is 0 Å². The van der Waals surface area contributed by atoms with Gasteiger partial charge >= 0.3 is 0 Å². The molecule has 3 heteroatoms. The molecule has 0 unspecified atom stereocenters. The standard InChI is InChI=1S/C13H19FN2/c1-10-9-12(14)3-4-13(10)11(2)16-7-5-15-6-8-16/h3-4,9,11,15H,5-8H2,1-2H3/t11-/m0/s1. The molecule has 1 fully saturated rings. The lowest BCUT2D eigenvalue weighted by Crippen LogP contribution is -2.44. The van der Waals surface area contributed by atoms with Crippen molar-refractivity contribution in [2.75, 3.05) is 26.2 Å². The van der Waals surface area contributed by atoms with Gasteiger partial charge in [0.1, 0.15) is 5.82 Å². The summed E-state index contributed by atoms with van der Waals surface area (Å²) < 4.78 is 13.0. The Kier molecular flexibility index (Phi) is 3.56. The molecule has 0 bridgehead atoms. The number of benzene rings is 1. The largest absolute Gasteiger partial charge is 0.314 e. The molecule has 1 saturated heterocycles. The second-order valence-corrected chi connectivity index (χ2v) is 4.46. The van der Waals surface area contributed by atoms with Crippen LogP contribution in [0.15, 0.2) is 18.2 Å². The number of hydrogen-bond donors (Lipinski definition) is 1. The first-order valence-corrected chi connectivity index (χ1v) is 5.89. The number of nitrogens with one attached hydrogen (secondary N) is 1. The topological polar surface area (TPSA) is 15.3 Å². The molecule has 0 aliphatic carbocycles. The zero-order valence-corrected chi connectivity index (χ0v) is 9.96. The number of halogens is 1. The predicted octanol–water partition coefficient (Wildman–Crippen LogP) is 2.10. The van der Waals surface area contributed by atoms with Crippen molar-refractivity contribution in [3.63, 3.8) is 0 Å². The van der Waals surface area contributed by atoms with E-state index in [0.29, 0.717) is 6.04 Å². The third kappa shape index (κ3) is 2.42. The third-order valence-electron chi connectivity index (χ3n) is 3.38. The van der Waals surface area contributed by atoms with Gasteiger partial charge in [-0.05, 0) is 37.1 Å². The van der Waals surface area contributed by atoms with Crippen LogP contribution < -0.4 is 5.32 Å². The number of aryl methyl sites for hydroxylation is 1. The van der Waals surface area contributed by atoms with E-state index in [2.05, 4.69) is 17.1 Å². The van der Waals surface area contributed by atoms with Crippen molar-refractivity contribution in [1.29, 1.82) is 0 Å². The molecule has 1 aromatic carbocycles. The van der Waals surface area contributed by atoms with Gasteiger partial charge in [0.2, 0.25) is 0 Å². The van der Waals surface area contributed by atoms with Crippen LogP contribution in [0.3, 0.4) is 0 Å². The summed E-state index contributed by atoms with van der Waals surface area (Å²) in [5.41, 5.74) is 2.29. The Hall–Kier alpha value is -0.930. The van der Waals surface area contributed by atoms with Gasteiger partial charge in [0.25, 0.3) is 0 Å². The number of hydrogen-bond acceptors (Lipinski definition) is 2. The van der Waals surface area contributed by atoms with E-state index >= 15 is 0 Å². The smallest absolute Gasteiger partial charge is 0.123 e. The van der Waals surface area contributed by atoms with Gasteiger partial charge in [-0.2, -0.15) is 0 Å². The van der Waals surface area contributed by atoms with Gasteiger partial charge in [0.05, 0.1) is 0 Å². The van der Waals surface area contributed by atoms with Crippen LogP contribution in [0, 0.1) is 12.7 Å². The summed E-state index contributed by atoms with van der Waals surface area (Å²) in [5.74, 6) is -0.145. The Labute approximate surface area is 96.5 Å². The molecule has 88 valence electrons. The van der Waals surface area contributed by atoms with Crippen LogP contribution in [0.4, 0.5) is 4.39 Å². The van der Waals surface area contributed by atoms with Crippen molar-refractivity contribution in [2.45, 2.75) is 19.9 Å². The van der Waals surface area contributed by atoms with E-state index in [1.807, 2.05) is 13.0 Å². The average molecular weight is 222 g/mol. The zero-order valence-electron chi connectivity index (χ0n) is 9.96. The molecule has 1 aliphatic heterocycles. The molecule has 1 heterocycles. The Bertz CT molecular complexity index is 359. The first kappa shape index (κ1) is 11.6. The molecule has 2 rings (SSSR count). The molecule has 1 N–H and O–H groups in total. The number of nitrogens with zero attached hydrogens (tertiary/aromatic N) is 1. The molecule has 0 radical (unpaired) electrons. The van der Waals surface area contributed by atoms with E-state index in [9.17, 15) is 4.39 Å². The van der Waals surface area contributed by atoms with Gasteiger partial charge in [-0.25, -0.2) is 4.39 Å². The van der Waals surface area contributed by atoms with Crippen molar-refractivity contribution in [1.82, 2.24) is 10.2 Å². The van der Waals surface area contributed by atoms with Crippen LogP contribution in [-0.4, -0.2) is 31.1 Å². The monoisotopic (exact) mass is 222 g/mol. The third-order valence-corrected chi connectivity index (χ3v) is 3.38. The van der Waals surface area contributed by atoms with Crippen LogP contribution in [-0.2, 0) is 0 Å².